The van der Waals surface area contributed by atoms with Gasteiger partial charge in [0, 0.05) is 30.5 Å². The molecule has 2 aromatic heterocycles. The lowest BCUT2D eigenvalue weighted by Crippen LogP contribution is -2.30. The molecule has 2 aromatic rings. The van der Waals surface area contributed by atoms with Crippen molar-refractivity contribution in [2.45, 2.75) is 58.7 Å². The first-order valence-electron chi connectivity index (χ1n) is 8.33. The molecule has 1 aliphatic heterocycles. The Morgan fingerprint density at radius 1 is 1.09 bits per heavy atom. The van der Waals surface area contributed by atoms with E-state index in [0.29, 0.717) is 18.1 Å². The lowest BCUT2D eigenvalue weighted by atomic mass is 10.0. The van der Waals surface area contributed by atoms with E-state index in [1.807, 2.05) is 17.1 Å². The molecular weight excluding hydrogens is 272 g/mol. The molecule has 1 saturated heterocycles. The van der Waals surface area contributed by atoms with Gasteiger partial charge in [0.25, 0.3) is 0 Å². The van der Waals surface area contributed by atoms with Crippen LogP contribution in [0.2, 0.25) is 0 Å². The van der Waals surface area contributed by atoms with Gasteiger partial charge in [-0.15, -0.1) is 0 Å². The zero-order valence-electron chi connectivity index (χ0n) is 14.0. The molecule has 0 spiro atoms. The fourth-order valence-corrected chi connectivity index (χ4v) is 3.49. The van der Waals surface area contributed by atoms with E-state index in [-0.39, 0.29) is 0 Å². The fourth-order valence-electron chi connectivity index (χ4n) is 3.49. The number of nitrogens with zero attached hydrogens (tertiary/aromatic N) is 4. The molecule has 0 radical (unpaired) electrons. The number of rotatable bonds is 4. The Labute approximate surface area is 133 Å². The molecule has 0 N–H and O–H groups in total. The Morgan fingerprint density at radius 2 is 1.91 bits per heavy atom. The van der Waals surface area contributed by atoms with Crippen molar-refractivity contribution in [3.05, 3.63) is 36.2 Å². The van der Waals surface area contributed by atoms with Gasteiger partial charge >= 0.3 is 0 Å². The van der Waals surface area contributed by atoms with Crippen LogP contribution in [0.1, 0.15) is 58.2 Å². The van der Waals surface area contributed by atoms with Crippen molar-refractivity contribution >= 4 is 0 Å². The monoisotopic (exact) mass is 298 g/mol. The lowest BCUT2D eigenvalue weighted by Gasteiger charge is -2.28. The average Bonchev–Trinajstić information content (AvgIpc) is 3.16. The minimum Gasteiger partial charge on any atom is -0.294 e. The van der Waals surface area contributed by atoms with E-state index in [1.165, 1.54) is 24.9 Å². The summed E-state index contributed by atoms with van der Waals surface area (Å²) in [5, 5.41) is 4.43. The van der Waals surface area contributed by atoms with E-state index in [0.717, 1.165) is 11.4 Å². The highest BCUT2D eigenvalue weighted by atomic mass is 15.3. The smallest absolute Gasteiger partial charge is 0.0886 e. The van der Waals surface area contributed by atoms with Gasteiger partial charge in [-0.3, -0.25) is 14.6 Å². The topological polar surface area (TPSA) is 34.0 Å². The van der Waals surface area contributed by atoms with Crippen molar-refractivity contribution in [1.82, 2.24) is 19.7 Å². The van der Waals surface area contributed by atoms with E-state index in [2.05, 4.69) is 60.9 Å². The minimum atomic E-state index is 0.342. The van der Waals surface area contributed by atoms with Crippen LogP contribution in [-0.2, 0) is 0 Å². The largest absolute Gasteiger partial charge is 0.294 e. The predicted molar refractivity (Wildman–Crippen MR) is 89.7 cm³/mol. The van der Waals surface area contributed by atoms with Crippen LogP contribution < -0.4 is 0 Å². The van der Waals surface area contributed by atoms with E-state index in [9.17, 15) is 0 Å². The van der Waals surface area contributed by atoms with Crippen molar-refractivity contribution < 1.29 is 0 Å². The second-order valence-corrected chi connectivity index (χ2v) is 6.72. The van der Waals surface area contributed by atoms with Gasteiger partial charge in [0.1, 0.15) is 0 Å². The molecule has 3 heterocycles. The Bertz CT molecular complexity index is 630. The van der Waals surface area contributed by atoms with Crippen molar-refractivity contribution in [3.8, 4) is 11.4 Å². The molecule has 0 amide bonds. The third-order valence-electron chi connectivity index (χ3n) is 4.55. The van der Waals surface area contributed by atoms with Crippen LogP contribution >= 0.6 is 0 Å². The van der Waals surface area contributed by atoms with Gasteiger partial charge in [0.2, 0.25) is 0 Å². The molecule has 22 heavy (non-hydrogen) atoms. The Morgan fingerprint density at radius 3 is 2.64 bits per heavy atom. The number of hydrogen-bond donors (Lipinski definition) is 0. The summed E-state index contributed by atoms with van der Waals surface area (Å²) in [6, 6.07) is 7.93. The molecule has 4 nitrogen and oxygen atoms in total. The molecule has 1 aliphatic rings. The molecular formula is C18H26N4. The molecule has 0 saturated carbocycles. The normalized spacial score (nSPS) is 19.5. The molecule has 1 atom stereocenters. The fraction of sp³-hybridized carbons (Fsp3) is 0.556. The third kappa shape index (κ3) is 2.80. The molecule has 1 unspecified atom stereocenters. The van der Waals surface area contributed by atoms with Crippen LogP contribution in [-0.4, -0.2) is 32.3 Å². The van der Waals surface area contributed by atoms with Gasteiger partial charge in [-0.1, -0.05) is 0 Å². The SMILES string of the molecule is CC(C)N1CCCC1c1ccnc(-c2ccnn2C(C)C)c1. The predicted octanol–water partition coefficient (Wildman–Crippen LogP) is 4.07. The summed E-state index contributed by atoms with van der Waals surface area (Å²) < 4.78 is 2.04. The zero-order valence-corrected chi connectivity index (χ0v) is 14.0. The second-order valence-electron chi connectivity index (χ2n) is 6.72. The summed E-state index contributed by atoms with van der Waals surface area (Å²) in [5.74, 6) is 0. The van der Waals surface area contributed by atoms with Gasteiger partial charge in [-0.25, -0.2) is 0 Å². The molecule has 4 heteroatoms. The quantitative estimate of drug-likeness (QED) is 0.853. The molecule has 1 fully saturated rings. The first kappa shape index (κ1) is 15.2. The first-order chi connectivity index (χ1) is 10.6. The van der Waals surface area contributed by atoms with Crippen LogP contribution in [0.4, 0.5) is 0 Å². The number of likely N-dealkylation sites (tertiary alicyclic amines) is 1. The summed E-state index contributed by atoms with van der Waals surface area (Å²) in [5.41, 5.74) is 3.51. The van der Waals surface area contributed by atoms with E-state index in [1.54, 1.807) is 0 Å². The summed E-state index contributed by atoms with van der Waals surface area (Å²) >= 11 is 0. The summed E-state index contributed by atoms with van der Waals surface area (Å²) in [6.45, 7) is 10.1. The van der Waals surface area contributed by atoms with Crippen molar-refractivity contribution in [2.24, 2.45) is 0 Å². The average molecular weight is 298 g/mol. The number of aromatic nitrogens is 3. The molecule has 0 aliphatic carbocycles. The van der Waals surface area contributed by atoms with Gasteiger partial charge in [0.15, 0.2) is 0 Å². The highest BCUT2D eigenvalue weighted by molar-refractivity contribution is 5.55. The number of pyridine rings is 1. The van der Waals surface area contributed by atoms with Gasteiger partial charge in [-0.2, -0.15) is 5.10 Å². The minimum absolute atomic E-state index is 0.342. The van der Waals surface area contributed by atoms with E-state index < -0.39 is 0 Å². The number of hydrogen-bond acceptors (Lipinski definition) is 3. The van der Waals surface area contributed by atoms with Crippen molar-refractivity contribution in [1.29, 1.82) is 0 Å². The van der Waals surface area contributed by atoms with Gasteiger partial charge in [-0.05, 0) is 70.8 Å². The third-order valence-corrected chi connectivity index (χ3v) is 4.55. The maximum atomic E-state index is 4.59. The van der Waals surface area contributed by atoms with Crippen LogP contribution in [0, 0.1) is 0 Å². The Hall–Kier alpha value is -1.68. The molecule has 0 aromatic carbocycles. The second kappa shape index (κ2) is 6.21. The lowest BCUT2D eigenvalue weighted by molar-refractivity contribution is 0.205. The van der Waals surface area contributed by atoms with E-state index >= 15 is 0 Å². The highest BCUT2D eigenvalue weighted by Crippen LogP contribution is 2.34. The van der Waals surface area contributed by atoms with Gasteiger partial charge in [0.05, 0.1) is 11.4 Å². The van der Waals surface area contributed by atoms with Crippen LogP contribution in [0.3, 0.4) is 0 Å². The summed E-state index contributed by atoms with van der Waals surface area (Å²) in [7, 11) is 0. The van der Waals surface area contributed by atoms with Crippen LogP contribution in [0.15, 0.2) is 30.6 Å². The van der Waals surface area contributed by atoms with Gasteiger partial charge < -0.3 is 0 Å². The summed E-state index contributed by atoms with van der Waals surface area (Å²) in [6.07, 6.45) is 6.33. The van der Waals surface area contributed by atoms with Crippen molar-refractivity contribution in [3.63, 3.8) is 0 Å². The highest BCUT2D eigenvalue weighted by Gasteiger charge is 2.28. The van der Waals surface area contributed by atoms with Crippen molar-refractivity contribution in [2.75, 3.05) is 6.54 Å². The van der Waals surface area contributed by atoms with Crippen LogP contribution in [0.25, 0.3) is 11.4 Å². The molecule has 3 rings (SSSR count). The van der Waals surface area contributed by atoms with E-state index in [4.69, 9.17) is 0 Å². The molecule has 118 valence electrons. The maximum absolute atomic E-state index is 4.59. The zero-order chi connectivity index (χ0) is 15.7. The standard InChI is InChI=1S/C18H26N4/c1-13(2)21-11-5-6-17(21)15-7-9-19-16(12-15)18-8-10-20-22(18)14(3)4/h7-10,12-14,17H,5-6,11H2,1-4H3. The molecule has 0 bridgehead atoms. The Balaban J connectivity index is 1.94. The maximum Gasteiger partial charge on any atom is 0.0886 e. The first-order valence-corrected chi connectivity index (χ1v) is 8.33. The Kier molecular flexibility index (Phi) is 4.30. The van der Waals surface area contributed by atoms with Crippen LogP contribution in [0.5, 0.6) is 0 Å². The summed E-state index contributed by atoms with van der Waals surface area (Å²) in [4.78, 5) is 7.18.